The number of alkyl halides is 3. The zero-order valence-corrected chi connectivity index (χ0v) is 15.7. The van der Waals surface area contributed by atoms with Crippen molar-refractivity contribution in [2.75, 3.05) is 13.7 Å². The van der Waals surface area contributed by atoms with Crippen LogP contribution >= 0.6 is 0 Å². The number of carbonyl (C=O) groups is 1. The number of amides is 1. The molecule has 152 valence electrons. The van der Waals surface area contributed by atoms with Gasteiger partial charge in [-0.3, -0.25) is 9.78 Å². The van der Waals surface area contributed by atoms with Crippen molar-refractivity contribution in [1.82, 2.24) is 15.3 Å². The maximum absolute atomic E-state index is 12.6. The Hall–Kier alpha value is -3.36. The number of nitrogens with one attached hydrogen (secondary N) is 1. The quantitative estimate of drug-likeness (QED) is 0.669. The smallest absolute Gasteiger partial charge is 0.422 e. The summed E-state index contributed by atoms with van der Waals surface area (Å²) in [5.41, 5.74) is 1.25. The molecule has 0 unspecified atom stereocenters. The molecule has 1 atom stereocenters. The second kappa shape index (κ2) is 8.34. The molecule has 0 saturated heterocycles. The van der Waals surface area contributed by atoms with Crippen molar-refractivity contribution in [2.24, 2.45) is 0 Å². The third-order valence-electron chi connectivity index (χ3n) is 4.09. The van der Waals surface area contributed by atoms with Crippen molar-refractivity contribution in [2.45, 2.75) is 19.1 Å². The highest BCUT2D eigenvalue weighted by atomic mass is 19.4. The van der Waals surface area contributed by atoms with Gasteiger partial charge in [-0.1, -0.05) is 18.2 Å². The number of para-hydroxylation sites is 1. The molecule has 1 N–H and O–H groups in total. The molecule has 2 aromatic heterocycles. The fourth-order valence-electron chi connectivity index (χ4n) is 2.65. The molecule has 29 heavy (non-hydrogen) atoms. The standard InChI is InChI=1S/C20H18F3N3O3/c1-12(15-9-7-14(10-24-15)29-11-20(21,22)23)25-19(27)16-8-6-13-4-3-5-17(28-2)18(13)26-16/h3-10,12H,11H2,1-2H3,(H,25,27)/t12-/m0/s1. The van der Waals surface area contributed by atoms with Crippen LogP contribution in [0.2, 0.25) is 0 Å². The number of carbonyl (C=O) groups excluding carboxylic acids is 1. The van der Waals surface area contributed by atoms with Gasteiger partial charge in [-0.05, 0) is 31.2 Å². The summed E-state index contributed by atoms with van der Waals surface area (Å²) in [7, 11) is 1.53. The maximum Gasteiger partial charge on any atom is 0.422 e. The lowest BCUT2D eigenvalue weighted by Crippen LogP contribution is -2.28. The average Bonchev–Trinajstić information content (AvgIpc) is 2.71. The number of benzene rings is 1. The Morgan fingerprint density at radius 3 is 2.62 bits per heavy atom. The van der Waals surface area contributed by atoms with Crippen molar-refractivity contribution < 1.29 is 27.4 Å². The zero-order valence-electron chi connectivity index (χ0n) is 15.7. The van der Waals surface area contributed by atoms with Crippen LogP contribution < -0.4 is 14.8 Å². The summed E-state index contributed by atoms with van der Waals surface area (Å²) in [5, 5.41) is 3.60. The van der Waals surface area contributed by atoms with E-state index in [1.165, 1.54) is 25.4 Å². The van der Waals surface area contributed by atoms with Gasteiger partial charge in [-0.25, -0.2) is 4.98 Å². The predicted octanol–water partition coefficient (Wildman–Crippen LogP) is 4.07. The molecule has 1 amide bonds. The van der Waals surface area contributed by atoms with Gasteiger partial charge in [0.05, 0.1) is 25.0 Å². The van der Waals surface area contributed by atoms with E-state index >= 15 is 0 Å². The summed E-state index contributed by atoms with van der Waals surface area (Å²) in [6.07, 6.45) is -3.24. The van der Waals surface area contributed by atoms with E-state index in [1.54, 1.807) is 25.1 Å². The number of ether oxygens (including phenoxy) is 2. The van der Waals surface area contributed by atoms with Gasteiger partial charge < -0.3 is 14.8 Å². The van der Waals surface area contributed by atoms with E-state index in [1.807, 2.05) is 12.1 Å². The summed E-state index contributed by atoms with van der Waals surface area (Å²) in [6, 6.07) is 11.2. The minimum absolute atomic E-state index is 0.00658. The molecule has 0 fully saturated rings. The predicted molar refractivity (Wildman–Crippen MR) is 100.0 cm³/mol. The van der Waals surface area contributed by atoms with E-state index < -0.39 is 24.7 Å². The topological polar surface area (TPSA) is 73.3 Å². The van der Waals surface area contributed by atoms with Crippen molar-refractivity contribution in [3.8, 4) is 11.5 Å². The first-order valence-corrected chi connectivity index (χ1v) is 8.67. The molecule has 0 radical (unpaired) electrons. The number of halogens is 3. The third-order valence-corrected chi connectivity index (χ3v) is 4.09. The first-order chi connectivity index (χ1) is 13.8. The Morgan fingerprint density at radius 2 is 1.97 bits per heavy atom. The van der Waals surface area contributed by atoms with Crippen LogP contribution in [-0.4, -0.2) is 35.8 Å². The summed E-state index contributed by atoms with van der Waals surface area (Å²) >= 11 is 0. The first kappa shape index (κ1) is 20.4. The van der Waals surface area contributed by atoms with Crippen molar-refractivity contribution in [3.05, 3.63) is 60.0 Å². The summed E-state index contributed by atoms with van der Waals surface area (Å²) in [6.45, 7) is 0.315. The van der Waals surface area contributed by atoms with Crippen LogP contribution in [0.15, 0.2) is 48.7 Å². The van der Waals surface area contributed by atoms with Gasteiger partial charge in [0.2, 0.25) is 0 Å². The molecule has 3 rings (SSSR count). The number of rotatable bonds is 6. The fraction of sp³-hybridized carbons (Fsp3) is 0.250. The lowest BCUT2D eigenvalue weighted by atomic mass is 10.1. The monoisotopic (exact) mass is 405 g/mol. The molecule has 9 heteroatoms. The Bertz CT molecular complexity index is 1010. The molecule has 0 aliphatic heterocycles. The van der Waals surface area contributed by atoms with Gasteiger partial charge >= 0.3 is 6.18 Å². The zero-order chi connectivity index (χ0) is 21.0. The highest BCUT2D eigenvalue weighted by molar-refractivity contribution is 5.96. The van der Waals surface area contributed by atoms with Crippen molar-refractivity contribution >= 4 is 16.8 Å². The normalized spacial score (nSPS) is 12.4. The molecular formula is C20H18F3N3O3. The molecule has 0 aliphatic carbocycles. The molecule has 0 spiro atoms. The van der Waals surface area contributed by atoms with Gasteiger partial charge in [-0.2, -0.15) is 13.2 Å². The van der Waals surface area contributed by atoms with E-state index in [0.29, 0.717) is 17.0 Å². The summed E-state index contributed by atoms with van der Waals surface area (Å²) in [5.74, 6) is 0.138. The Morgan fingerprint density at radius 1 is 1.17 bits per heavy atom. The number of pyridine rings is 2. The number of hydrogen-bond acceptors (Lipinski definition) is 5. The molecule has 3 aromatic rings. The Labute approximate surface area is 164 Å². The number of fused-ring (bicyclic) bond motifs is 1. The van der Waals surface area contributed by atoms with Crippen LogP contribution in [0.5, 0.6) is 11.5 Å². The Kier molecular flexibility index (Phi) is 5.86. The molecule has 0 bridgehead atoms. The van der Waals surface area contributed by atoms with Gasteiger partial charge in [0.1, 0.15) is 22.7 Å². The molecule has 6 nitrogen and oxygen atoms in total. The van der Waals surface area contributed by atoms with Crippen LogP contribution in [0.1, 0.15) is 29.1 Å². The maximum atomic E-state index is 12.6. The second-order valence-corrected chi connectivity index (χ2v) is 6.25. The van der Waals surface area contributed by atoms with Crippen LogP contribution in [0, 0.1) is 0 Å². The van der Waals surface area contributed by atoms with E-state index in [4.69, 9.17) is 4.74 Å². The van der Waals surface area contributed by atoms with E-state index in [9.17, 15) is 18.0 Å². The molecule has 0 saturated carbocycles. The fourth-order valence-corrected chi connectivity index (χ4v) is 2.65. The summed E-state index contributed by atoms with van der Waals surface area (Å²) in [4.78, 5) is 21.0. The lowest BCUT2D eigenvalue weighted by Gasteiger charge is -2.14. The number of nitrogens with zero attached hydrogens (tertiary/aromatic N) is 2. The number of methoxy groups -OCH3 is 1. The average molecular weight is 405 g/mol. The Balaban J connectivity index is 1.69. The SMILES string of the molecule is COc1cccc2ccc(C(=O)N[C@@H](C)c3ccc(OCC(F)(F)F)cn3)nc12. The van der Waals surface area contributed by atoms with Gasteiger partial charge in [0, 0.05) is 5.39 Å². The van der Waals surface area contributed by atoms with Crippen LogP contribution in [-0.2, 0) is 0 Å². The third kappa shape index (κ3) is 5.13. The van der Waals surface area contributed by atoms with Gasteiger partial charge in [0.15, 0.2) is 6.61 Å². The number of aromatic nitrogens is 2. The van der Waals surface area contributed by atoms with E-state index in [2.05, 4.69) is 20.0 Å². The largest absolute Gasteiger partial charge is 0.494 e. The van der Waals surface area contributed by atoms with Crippen LogP contribution in [0.25, 0.3) is 10.9 Å². The van der Waals surface area contributed by atoms with Gasteiger partial charge in [0.25, 0.3) is 5.91 Å². The molecule has 1 aromatic carbocycles. The minimum atomic E-state index is -4.42. The molecular weight excluding hydrogens is 387 g/mol. The van der Waals surface area contributed by atoms with Crippen molar-refractivity contribution in [3.63, 3.8) is 0 Å². The highest BCUT2D eigenvalue weighted by Gasteiger charge is 2.28. The van der Waals surface area contributed by atoms with E-state index in [-0.39, 0.29) is 11.4 Å². The van der Waals surface area contributed by atoms with Crippen molar-refractivity contribution in [1.29, 1.82) is 0 Å². The molecule has 2 heterocycles. The van der Waals surface area contributed by atoms with E-state index in [0.717, 1.165) is 5.39 Å². The lowest BCUT2D eigenvalue weighted by molar-refractivity contribution is -0.153. The molecule has 0 aliphatic rings. The second-order valence-electron chi connectivity index (χ2n) is 6.25. The van der Waals surface area contributed by atoms with Gasteiger partial charge in [-0.15, -0.1) is 0 Å². The van der Waals surface area contributed by atoms with Crippen LogP contribution in [0.3, 0.4) is 0 Å². The first-order valence-electron chi connectivity index (χ1n) is 8.67. The summed E-state index contributed by atoms with van der Waals surface area (Å²) < 4.78 is 46.5. The highest BCUT2D eigenvalue weighted by Crippen LogP contribution is 2.24. The minimum Gasteiger partial charge on any atom is -0.494 e. The number of hydrogen-bond donors (Lipinski definition) is 1. The van der Waals surface area contributed by atoms with Crippen LogP contribution in [0.4, 0.5) is 13.2 Å².